The number of halogens is 6. The number of hydrogen-bond acceptors (Lipinski definition) is 6. The van der Waals surface area contributed by atoms with Crippen molar-refractivity contribution in [1.82, 2.24) is 0 Å². The van der Waals surface area contributed by atoms with Crippen LogP contribution in [-0.2, 0) is 38.2 Å². The summed E-state index contributed by atoms with van der Waals surface area (Å²) in [6, 6.07) is 0. The van der Waals surface area contributed by atoms with Gasteiger partial charge in [-0.15, -0.1) is 0 Å². The normalized spacial score (nSPS) is 11.7. The second-order valence-electron chi connectivity index (χ2n) is 1.36. The van der Waals surface area contributed by atoms with Crippen LogP contribution in [0.1, 0.15) is 0 Å². The van der Waals surface area contributed by atoms with Gasteiger partial charge in [0.2, 0.25) is 0 Å². The molecule has 0 aliphatic heterocycles. The zero-order valence-electron chi connectivity index (χ0n) is 6.42. The summed E-state index contributed by atoms with van der Waals surface area (Å²) in [6.07, 6.45) is 0. The molecule has 0 atom stereocenters. The second kappa shape index (κ2) is 7.31. The van der Waals surface area contributed by atoms with E-state index < -0.39 is 32.4 Å². The van der Waals surface area contributed by atoms with Crippen LogP contribution < -0.4 is 0 Å². The van der Waals surface area contributed by atoms with Crippen LogP contribution in [0, 0.1) is 0 Å². The van der Waals surface area contributed by atoms with Gasteiger partial charge < -0.3 is 16.8 Å². The molecule has 0 aromatic carbocycles. The molecule has 0 saturated carbocycles. The van der Waals surface area contributed by atoms with Crippen molar-refractivity contribution in [3.05, 3.63) is 0 Å². The standard InChI is InChI=1S/2CF3O2S.Al.H/c2*2-1(3,4)7(5)6;;/q2*-1;+2;. The molecule has 15 heavy (non-hydrogen) atoms. The zero-order valence-corrected chi connectivity index (χ0v) is 9.47. The maximum atomic E-state index is 10.6. The van der Waals surface area contributed by atoms with Crippen LogP contribution in [0.25, 0.3) is 0 Å². The van der Waals surface area contributed by atoms with Crippen molar-refractivity contribution < 1.29 is 43.2 Å². The molecule has 0 N–H and O–H groups in total. The van der Waals surface area contributed by atoms with Gasteiger partial charge in [0.25, 0.3) is 0 Å². The van der Waals surface area contributed by atoms with E-state index >= 15 is 0 Å². The summed E-state index contributed by atoms with van der Waals surface area (Å²) in [4.78, 5) is 0. The van der Waals surface area contributed by atoms with Crippen LogP contribution in [-0.4, -0.2) is 28.4 Å². The van der Waals surface area contributed by atoms with E-state index in [9.17, 15) is 26.3 Å². The van der Waals surface area contributed by atoms with Crippen LogP contribution in [0.4, 0.5) is 26.3 Å². The molecule has 0 bridgehead atoms. The van der Waals surface area contributed by atoms with Gasteiger partial charge in [-0.1, -0.05) is 0 Å². The van der Waals surface area contributed by atoms with Gasteiger partial charge in [-0.25, -0.2) is 0 Å². The molecule has 0 radical (unpaired) electrons. The maximum absolute atomic E-state index is 10.6. The summed E-state index contributed by atoms with van der Waals surface area (Å²) in [6.45, 7) is 0. The van der Waals surface area contributed by atoms with Crippen LogP contribution >= 0.6 is 0 Å². The van der Waals surface area contributed by atoms with Crippen LogP contribution in [0.15, 0.2) is 0 Å². The van der Waals surface area contributed by atoms with Crippen molar-refractivity contribution in [3.8, 4) is 0 Å². The Kier molecular flexibility index (Phi) is 9.96. The van der Waals surface area contributed by atoms with Gasteiger partial charge in [0.15, 0.2) is 0 Å². The number of hydrogen-bond donors (Lipinski definition) is 0. The summed E-state index contributed by atoms with van der Waals surface area (Å²) in [5.74, 6) is 0. The van der Waals surface area contributed by atoms with E-state index in [2.05, 4.69) is 0 Å². The fourth-order valence-corrected chi connectivity index (χ4v) is 0. The fraction of sp³-hybridized carbons (Fsp3) is 1.00. The summed E-state index contributed by atoms with van der Waals surface area (Å²) in [7, 11) is -7.87. The predicted molar refractivity (Wildman–Crippen MR) is 36.7 cm³/mol. The monoisotopic (exact) mass is 294 g/mol. The molecule has 0 aliphatic rings. The first-order valence-electron chi connectivity index (χ1n) is 2.21. The molecule has 0 saturated heterocycles. The van der Waals surface area contributed by atoms with Gasteiger partial charge >= 0.3 is 28.4 Å². The Labute approximate surface area is 93.3 Å². The van der Waals surface area contributed by atoms with Crippen LogP contribution in [0.3, 0.4) is 0 Å². The predicted octanol–water partition coefficient (Wildman–Crippen LogP) is 0.983. The Balaban J connectivity index is -0.000000180. The van der Waals surface area contributed by atoms with E-state index in [1.54, 1.807) is 0 Å². The van der Waals surface area contributed by atoms with E-state index in [1.165, 1.54) is 0 Å². The molecule has 13 heteroatoms. The molecule has 0 aliphatic carbocycles. The summed E-state index contributed by atoms with van der Waals surface area (Å²) < 4.78 is 99.0. The summed E-state index contributed by atoms with van der Waals surface area (Å²) in [5, 5.41) is 0. The number of rotatable bonds is 0. The quantitative estimate of drug-likeness (QED) is 0.379. The van der Waals surface area contributed by atoms with Crippen molar-refractivity contribution in [2.45, 2.75) is 11.0 Å². The Hall–Kier alpha value is 0.0125. The van der Waals surface area contributed by atoms with E-state index in [-0.39, 0.29) is 17.4 Å². The molecule has 90 valence electrons. The first kappa shape index (κ1) is 20.4. The molecule has 0 spiro atoms. The third-order valence-corrected chi connectivity index (χ3v) is 1.13. The first-order chi connectivity index (χ1) is 5.89. The fourth-order valence-electron chi connectivity index (χ4n) is 0. The van der Waals surface area contributed by atoms with Gasteiger partial charge in [-0.2, -0.15) is 26.3 Å². The minimum absolute atomic E-state index is 0. The van der Waals surface area contributed by atoms with Crippen molar-refractivity contribution in [3.63, 3.8) is 0 Å². The van der Waals surface area contributed by atoms with E-state index in [0.29, 0.717) is 0 Å². The second-order valence-corrected chi connectivity index (χ2v) is 3.23. The van der Waals surface area contributed by atoms with E-state index in [0.717, 1.165) is 0 Å². The Morgan fingerprint density at radius 2 is 0.667 bits per heavy atom. The van der Waals surface area contributed by atoms with Crippen LogP contribution in [0.2, 0.25) is 0 Å². The molecule has 0 heterocycles. The van der Waals surface area contributed by atoms with Crippen molar-refractivity contribution >= 4 is 38.8 Å². The summed E-state index contributed by atoms with van der Waals surface area (Å²) in [5.41, 5.74) is -10.2. The SMILES string of the molecule is O=[S-](=O)C(F)(F)F.O=[S-](=O)C(F)(F)F.[AlH+2]. The molecule has 4 nitrogen and oxygen atoms in total. The molecule has 0 fully saturated rings. The minimum atomic E-state index is -5.08. The van der Waals surface area contributed by atoms with Gasteiger partial charge in [0, 0.05) is 21.4 Å². The molecule has 0 rings (SSSR count). The van der Waals surface area contributed by atoms with E-state index in [4.69, 9.17) is 16.8 Å². The molecular formula is C2HAlF6O4S2. The first-order valence-corrected chi connectivity index (χ1v) is 4.36. The van der Waals surface area contributed by atoms with Gasteiger partial charge in [-0.05, 0) is 0 Å². The Morgan fingerprint density at radius 3 is 0.667 bits per heavy atom. The molecule has 0 aromatic heterocycles. The zero-order chi connectivity index (χ0) is 12.2. The number of alkyl halides is 6. The molecule has 0 unspecified atom stereocenters. The molecule has 0 amide bonds. The van der Waals surface area contributed by atoms with Crippen molar-refractivity contribution in [2.75, 3.05) is 0 Å². The third-order valence-electron chi connectivity index (χ3n) is 0.378. The topological polar surface area (TPSA) is 68.3 Å². The molecule has 0 aromatic rings. The van der Waals surface area contributed by atoms with Gasteiger partial charge in [-0.3, -0.25) is 0 Å². The average molecular weight is 294 g/mol. The van der Waals surface area contributed by atoms with Gasteiger partial charge in [0.1, 0.15) is 0 Å². The van der Waals surface area contributed by atoms with Gasteiger partial charge in [0.05, 0.1) is 0 Å². The van der Waals surface area contributed by atoms with E-state index in [1.807, 2.05) is 0 Å². The molecular weight excluding hydrogens is 293 g/mol. The average Bonchev–Trinajstić information content (AvgIpc) is 1.83. The van der Waals surface area contributed by atoms with Crippen LogP contribution in [0.5, 0.6) is 0 Å². The van der Waals surface area contributed by atoms with Crippen molar-refractivity contribution in [1.29, 1.82) is 0 Å². The van der Waals surface area contributed by atoms with Crippen molar-refractivity contribution in [2.24, 2.45) is 0 Å². The summed E-state index contributed by atoms with van der Waals surface area (Å²) >= 11 is 0. The Bertz CT molecular complexity index is 264. The third kappa shape index (κ3) is 14.0. The Morgan fingerprint density at radius 1 is 0.600 bits per heavy atom.